The lowest BCUT2D eigenvalue weighted by Gasteiger charge is -2.36. The van der Waals surface area contributed by atoms with Gasteiger partial charge in [-0.25, -0.2) is 0 Å². The van der Waals surface area contributed by atoms with Gasteiger partial charge in [-0.05, 0) is 43.6 Å². The number of aldehydes is 1. The van der Waals surface area contributed by atoms with Crippen LogP contribution < -0.4 is 0 Å². The van der Waals surface area contributed by atoms with Crippen molar-refractivity contribution in [1.82, 2.24) is 0 Å². The Morgan fingerprint density at radius 1 is 1.38 bits per heavy atom. The predicted molar refractivity (Wildman–Crippen MR) is 50.3 cm³/mol. The van der Waals surface area contributed by atoms with Crippen molar-refractivity contribution in [3.8, 4) is 0 Å². The van der Waals surface area contributed by atoms with Crippen molar-refractivity contribution < 1.29 is 9.90 Å². The van der Waals surface area contributed by atoms with E-state index >= 15 is 0 Å². The Kier molecular flexibility index (Phi) is 2.38. The van der Waals surface area contributed by atoms with Gasteiger partial charge in [0.2, 0.25) is 0 Å². The molecule has 13 heavy (non-hydrogen) atoms. The third-order valence-electron chi connectivity index (χ3n) is 3.50. The highest BCUT2D eigenvalue weighted by Gasteiger charge is 2.32. The lowest BCUT2D eigenvalue weighted by atomic mass is 9.69. The molecule has 2 aliphatic rings. The van der Waals surface area contributed by atoms with Crippen LogP contribution >= 0.6 is 0 Å². The van der Waals surface area contributed by atoms with E-state index in [-0.39, 0.29) is 5.92 Å². The van der Waals surface area contributed by atoms with Gasteiger partial charge in [0.25, 0.3) is 0 Å². The molecule has 2 aliphatic carbocycles. The van der Waals surface area contributed by atoms with E-state index in [4.69, 9.17) is 0 Å². The van der Waals surface area contributed by atoms with Crippen molar-refractivity contribution >= 4 is 6.29 Å². The van der Waals surface area contributed by atoms with Crippen molar-refractivity contribution in [2.45, 2.75) is 32.1 Å². The largest absolute Gasteiger partial charge is 0.513 e. The van der Waals surface area contributed by atoms with E-state index in [1.54, 1.807) is 0 Å². The standard InChI is InChI=1S/C11H16O2/c12-7-8-1-2-10-6-11(13)4-3-9(10)5-8/h4,7-10,13H,1-3,5-6H2. The lowest BCUT2D eigenvalue weighted by molar-refractivity contribution is -0.112. The van der Waals surface area contributed by atoms with E-state index in [1.165, 1.54) is 0 Å². The molecule has 2 nitrogen and oxygen atoms in total. The molecule has 0 radical (unpaired) electrons. The highest BCUT2D eigenvalue weighted by Crippen LogP contribution is 2.41. The van der Waals surface area contributed by atoms with Gasteiger partial charge in [-0.2, -0.15) is 0 Å². The summed E-state index contributed by atoms with van der Waals surface area (Å²) in [5, 5.41) is 9.36. The fourth-order valence-corrected chi connectivity index (χ4v) is 2.68. The molecule has 3 atom stereocenters. The summed E-state index contributed by atoms with van der Waals surface area (Å²) in [5.74, 6) is 2.14. The van der Waals surface area contributed by atoms with Crippen molar-refractivity contribution in [2.24, 2.45) is 17.8 Å². The summed E-state index contributed by atoms with van der Waals surface area (Å²) in [6.45, 7) is 0. The summed E-state index contributed by atoms with van der Waals surface area (Å²) >= 11 is 0. The Hall–Kier alpha value is -0.790. The molecule has 0 heterocycles. The van der Waals surface area contributed by atoms with Gasteiger partial charge < -0.3 is 9.90 Å². The van der Waals surface area contributed by atoms with Gasteiger partial charge in [0.05, 0.1) is 5.76 Å². The number of allylic oxidation sites excluding steroid dienone is 2. The molecule has 2 rings (SSSR count). The second-order valence-electron chi connectivity index (χ2n) is 4.36. The minimum absolute atomic E-state index is 0.287. The molecule has 0 aromatic heterocycles. The van der Waals surface area contributed by atoms with Gasteiger partial charge in [0, 0.05) is 12.3 Å². The number of hydrogen-bond acceptors (Lipinski definition) is 2. The molecule has 1 saturated carbocycles. The molecule has 0 aromatic carbocycles. The first-order chi connectivity index (χ1) is 6.29. The van der Waals surface area contributed by atoms with Crippen LogP contribution in [0.5, 0.6) is 0 Å². The topological polar surface area (TPSA) is 37.3 Å². The molecule has 1 fully saturated rings. The van der Waals surface area contributed by atoms with E-state index in [9.17, 15) is 9.90 Å². The fourth-order valence-electron chi connectivity index (χ4n) is 2.68. The van der Waals surface area contributed by atoms with Crippen molar-refractivity contribution in [3.63, 3.8) is 0 Å². The Labute approximate surface area is 78.6 Å². The zero-order valence-corrected chi connectivity index (χ0v) is 7.78. The minimum atomic E-state index is 0.287. The third-order valence-corrected chi connectivity index (χ3v) is 3.50. The first-order valence-electron chi connectivity index (χ1n) is 5.13. The highest BCUT2D eigenvalue weighted by molar-refractivity contribution is 5.53. The first-order valence-corrected chi connectivity index (χ1v) is 5.13. The molecule has 0 spiro atoms. The number of rotatable bonds is 1. The molecular formula is C11H16O2. The summed E-state index contributed by atoms with van der Waals surface area (Å²) in [6.07, 6.45) is 8.03. The Balaban J connectivity index is 2.01. The van der Waals surface area contributed by atoms with E-state index in [1.807, 2.05) is 6.08 Å². The van der Waals surface area contributed by atoms with E-state index in [0.717, 1.165) is 38.4 Å². The maximum absolute atomic E-state index is 10.6. The van der Waals surface area contributed by atoms with Gasteiger partial charge in [0.1, 0.15) is 6.29 Å². The zero-order valence-electron chi connectivity index (χ0n) is 7.78. The molecule has 0 saturated heterocycles. The van der Waals surface area contributed by atoms with Crippen molar-refractivity contribution in [1.29, 1.82) is 0 Å². The quantitative estimate of drug-likeness (QED) is 0.629. The molecule has 3 unspecified atom stereocenters. The zero-order chi connectivity index (χ0) is 9.26. The SMILES string of the molecule is O=CC1CCC2CC(O)=CCC2C1. The summed E-state index contributed by atoms with van der Waals surface area (Å²) in [4.78, 5) is 10.6. The molecule has 1 N–H and O–H groups in total. The lowest BCUT2D eigenvalue weighted by Crippen LogP contribution is -2.27. The van der Waals surface area contributed by atoms with Crippen LogP contribution in [0.3, 0.4) is 0 Å². The van der Waals surface area contributed by atoms with Crippen LogP contribution in [-0.4, -0.2) is 11.4 Å². The van der Waals surface area contributed by atoms with Crippen LogP contribution in [-0.2, 0) is 4.79 Å². The Morgan fingerprint density at radius 3 is 3.00 bits per heavy atom. The minimum Gasteiger partial charge on any atom is -0.513 e. The summed E-state index contributed by atoms with van der Waals surface area (Å²) in [5.41, 5.74) is 0. The van der Waals surface area contributed by atoms with Gasteiger partial charge in [0.15, 0.2) is 0 Å². The van der Waals surface area contributed by atoms with E-state index in [2.05, 4.69) is 0 Å². The average Bonchev–Trinajstić information content (AvgIpc) is 2.17. The average molecular weight is 180 g/mol. The van der Waals surface area contributed by atoms with Gasteiger partial charge in [-0.1, -0.05) is 0 Å². The maximum atomic E-state index is 10.6. The van der Waals surface area contributed by atoms with Gasteiger partial charge in [-0.3, -0.25) is 0 Å². The predicted octanol–water partition coefficient (Wildman–Crippen LogP) is 2.45. The second kappa shape index (κ2) is 3.52. The number of aliphatic hydroxyl groups is 1. The summed E-state index contributed by atoms with van der Waals surface area (Å²) < 4.78 is 0. The van der Waals surface area contributed by atoms with E-state index < -0.39 is 0 Å². The van der Waals surface area contributed by atoms with Crippen LogP contribution in [0, 0.1) is 17.8 Å². The molecule has 0 bridgehead atoms. The molecule has 2 heteroatoms. The number of hydrogen-bond donors (Lipinski definition) is 1. The third kappa shape index (κ3) is 1.77. The van der Waals surface area contributed by atoms with Crippen LogP contribution in [0.1, 0.15) is 32.1 Å². The number of carbonyl (C=O) groups excluding carboxylic acids is 1. The Bertz CT molecular complexity index is 232. The number of aliphatic hydroxyl groups excluding tert-OH is 1. The summed E-state index contributed by atoms with van der Waals surface area (Å²) in [7, 11) is 0. The van der Waals surface area contributed by atoms with Gasteiger partial charge in [-0.15, -0.1) is 0 Å². The highest BCUT2D eigenvalue weighted by atomic mass is 16.3. The monoisotopic (exact) mass is 180 g/mol. The van der Waals surface area contributed by atoms with Crippen LogP contribution in [0.4, 0.5) is 0 Å². The van der Waals surface area contributed by atoms with Crippen molar-refractivity contribution in [2.75, 3.05) is 0 Å². The summed E-state index contributed by atoms with van der Waals surface area (Å²) in [6, 6.07) is 0. The molecule has 0 aliphatic heterocycles. The normalized spacial score (nSPS) is 39.1. The van der Waals surface area contributed by atoms with Crippen LogP contribution in [0.25, 0.3) is 0 Å². The van der Waals surface area contributed by atoms with E-state index in [0.29, 0.717) is 17.6 Å². The molecular weight excluding hydrogens is 164 g/mol. The Morgan fingerprint density at radius 2 is 2.23 bits per heavy atom. The van der Waals surface area contributed by atoms with Gasteiger partial charge >= 0.3 is 0 Å². The smallest absolute Gasteiger partial charge is 0.123 e. The van der Waals surface area contributed by atoms with Crippen LogP contribution in [0.15, 0.2) is 11.8 Å². The number of fused-ring (bicyclic) bond motifs is 1. The second-order valence-corrected chi connectivity index (χ2v) is 4.36. The molecule has 0 amide bonds. The maximum Gasteiger partial charge on any atom is 0.123 e. The van der Waals surface area contributed by atoms with Crippen LogP contribution in [0.2, 0.25) is 0 Å². The fraction of sp³-hybridized carbons (Fsp3) is 0.727. The number of carbonyl (C=O) groups is 1. The first kappa shape index (κ1) is 8.79. The molecule has 0 aromatic rings. The van der Waals surface area contributed by atoms with Crippen molar-refractivity contribution in [3.05, 3.63) is 11.8 Å². The molecule has 72 valence electrons.